The van der Waals surface area contributed by atoms with Crippen molar-refractivity contribution in [2.45, 2.75) is 19.1 Å². The minimum absolute atomic E-state index is 0.238. The molecule has 72 valence electrons. The molecule has 0 radical (unpaired) electrons. The molecule has 0 amide bonds. The van der Waals surface area contributed by atoms with E-state index < -0.39 is 12.1 Å². The lowest BCUT2D eigenvalue weighted by molar-refractivity contribution is 0.164. The van der Waals surface area contributed by atoms with Crippen molar-refractivity contribution in [2.24, 2.45) is 5.73 Å². The Morgan fingerprint density at radius 1 is 1.46 bits per heavy atom. The van der Waals surface area contributed by atoms with Gasteiger partial charge in [0.15, 0.2) is 0 Å². The summed E-state index contributed by atoms with van der Waals surface area (Å²) in [6.07, 6.45) is -0.583. The molecule has 1 aromatic carbocycles. The van der Waals surface area contributed by atoms with E-state index in [0.29, 0.717) is 0 Å². The summed E-state index contributed by atoms with van der Waals surface area (Å²) < 4.78 is 0.742. The molecule has 0 aliphatic carbocycles. The lowest BCUT2D eigenvalue weighted by atomic mass is 10.0. The molecule has 2 unspecified atom stereocenters. The van der Waals surface area contributed by atoms with Crippen LogP contribution in [0.5, 0.6) is 5.75 Å². The van der Waals surface area contributed by atoms with Crippen LogP contribution in [0.3, 0.4) is 0 Å². The average Bonchev–Trinajstić information content (AvgIpc) is 2.08. The number of rotatable bonds is 2. The number of hydrogen-bond donors (Lipinski definition) is 3. The first-order valence-electron chi connectivity index (χ1n) is 3.94. The first-order chi connectivity index (χ1) is 6.02. The van der Waals surface area contributed by atoms with Crippen molar-refractivity contribution in [3.05, 3.63) is 27.3 Å². The van der Waals surface area contributed by atoms with E-state index in [4.69, 9.17) is 5.73 Å². The fraction of sp³-hybridized carbons (Fsp3) is 0.333. The van der Waals surface area contributed by atoms with Gasteiger partial charge in [-0.1, -0.05) is 6.07 Å². The smallest absolute Gasteiger partial charge is 0.128 e. The number of aliphatic hydroxyl groups excluding tert-OH is 1. The van der Waals surface area contributed by atoms with Crippen molar-refractivity contribution in [1.29, 1.82) is 0 Å². The van der Waals surface area contributed by atoms with Crippen molar-refractivity contribution in [3.63, 3.8) is 0 Å². The van der Waals surface area contributed by atoms with Gasteiger partial charge in [-0.3, -0.25) is 0 Å². The van der Waals surface area contributed by atoms with Gasteiger partial charge < -0.3 is 15.9 Å². The largest absolute Gasteiger partial charge is 0.507 e. The second-order valence-electron chi connectivity index (χ2n) is 2.98. The molecule has 0 aromatic heterocycles. The Labute approximate surface area is 90.7 Å². The zero-order valence-electron chi connectivity index (χ0n) is 7.24. The number of aliphatic hydroxyl groups is 1. The first kappa shape index (κ1) is 10.7. The van der Waals surface area contributed by atoms with Gasteiger partial charge in [0.2, 0.25) is 0 Å². The Morgan fingerprint density at radius 3 is 2.54 bits per heavy atom. The molecule has 0 aliphatic rings. The number of aromatic hydroxyl groups is 1. The van der Waals surface area contributed by atoms with Crippen LogP contribution in [0.15, 0.2) is 18.2 Å². The van der Waals surface area contributed by atoms with Gasteiger partial charge in [-0.15, -0.1) is 0 Å². The van der Waals surface area contributed by atoms with E-state index in [1.807, 2.05) is 22.6 Å². The Hall–Kier alpha value is -0.330. The van der Waals surface area contributed by atoms with E-state index >= 15 is 0 Å². The van der Waals surface area contributed by atoms with Gasteiger partial charge in [-0.2, -0.15) is 0 Å². The van der Waals surface area contributed by atoms with E-state index in [1.165, 1.54) is 0 Å². The van der Waals surface area contributed by atoms with Gasteiger partial charge in [0.1, 0.15) is 5.75 Å². The molecular weight excluding hydrogens is 281 g/mol. The molecule has 0 saturated heterocycles. The minimum atomic E-state index is -0.583. The molecule has 1 aromatic rings. The zero-order valence-corrected chi connectivity index (χ0v) is 9.39. The normalized spacial score (nSPS) is 15.4. The molecule has 0 saturated carbocycles. The summed E-state index contributed by atoms with van der Waals surface area (Å²) in [4.78, 5) is 0. The lowest BCUT2D eigenvalue weighted by Crippen LogP contribution is -2.23. The van der Waals surface area contributed by atoms with Crippen LogP contribution >= 0.6 is 22.6 Å². The molecule has 0 aliphatic heterocycles. The molecule has 3 nitrogen and oxygen atoms in total. The number of hydrogen-bond acceptors (Lipinski definition) is 3. The van der Waals surface area contributed by atoms with Crippen LogP contribution in [0.2, 0.25) is 0 Å². The standard InChI is InChI=1S/C9H12INO2/c1-5(12)9(11)6-2-3-8(13)7(10)4-6/h2-5,9,12-13H,11H2,1H3. The molecule has 0 bridgehead atoms. The fourth-order valence-electron chi connectivity index (χ4n) is 1.01. The number of nitrogens with two attached hydrogens (primary N) is 1. The minimum Gasteiger partial charge on any atom is -0.507 e. The van der Waals surface area contributed by atoms with Crippen molar-refractivity contribution >= 4 is 22.6 Å². The van der Waals surface area contributed by atoms with E-state index in [9.17, 15) is 10.2 Å². The Morgan fingerprint density at radius 2 is 2.08 bits per heavy atom. The monoisotopic (exact) mass is 293 g/mol. The van der Waals surface area contributed by atoms with Gasteiger partial charge in [-0.05, 0) is 47.2 Å². The zero-order chi connectivity index (χ0) is 10.0. The van der Waals surface area contributed by atoms with E-state index in [0.717, 1.165) is 9.13 Å². The predicted octanol–water partition coefficient (Wildman–Crippen LogP) is 1.38. The van der Waals surface area contributed by atoms with Crippen molar-refractivity contribution in [3.8, 4) is 5.75 Å². The van der Waals surface area contributed by atoms with Crippen LogP contribution in [0, 0.1) is 3.57 Å². The SMILES string of the molecule is CC(O)C(N)c1ccc(O)c(I)c1. The molecule has 0 heterocycles. The summed E-state index contributed by atoms with van der Waals surface area (Å²) in [7, 11) is 0. The number of phenols is 1. The maximum Gasteiger partial charge on any atom is 0.128 e. The molecule has 4 heteroatoms. The Balaban J connectivity index is 2.97. The maximum absolute atomic E-state index is 9.25. The first-order valence-corrected chi connectivity index (χ1v) is 5.02. The second-order valence-corrected chi connectivity index (χ2v) is 4.14. The highest BCUT2D eigenvalue weighted by atomic mass is 127. The predicted molar refractivity (Wildman–Crippen MR) is 59.4 cm³/mol. The van der Waals surface area contributed by atoms with Gasteiger partial charge in [0.05, 0.1) is 15.7 Å². The lowest BCUT2D eigenvalue weighted by Gasteiger charge is -2.15. The average molecular weight is 293 g/mol. The highest BCUT2D eigenvalue weighted by molar-refractivity contribution is 14.1. The summed E-state index contributed by atoms with van der Waals surface area (Å²) in [5, 5.41) is 18.5. The Kier molecular flexibility index (Phi) is 3.52. The van der Waals surface area contributed by atoms with Crippen molar-refractivity contribution in [1.82, 2.24) is 0 Å². The third kappa shape index (κ3) is 2.55. The van der Waals surface area contributed by atoms with Gasteiger partial charge in [0, 0.05) is 0 Å². The van der Waals surface area contributed by atoms with Crippen LogP contribution < -0.4 is 5.73 Å². The van der Waals surface area contributed by atoms with Gasteiger partial charge in [-0.25, -0.2) is 0 Å². The number of halogens is 1. The fourth-order valence-corrected chi connectivity index (χ4v) is 1.55. The Bertz CT molecular complexity index is 302. The molecular formula is C9H12INO2. The van der Waals surface area contributed by atoms with Crippen molar-refractivity contribution < 1.29 is 10.2 Å². The maximum atomic E-state index is 9.25. The molecule has 0 spiro atoms. The van der Waals surface area contributed by atoms with Gasteiger partial charge >= 0.3 is 0 Å². The summed E-state index contributed by atoms with van der Waals surface area (Å²) in [5.41, 5.74) is 6.55. The summed E-state index contributed by atoms with van der Waals surface area (Å²) >= 11 is 2.02. The van der Waals surface area contributed by atoms with Crippen molar-refractivity contribution in [2.75, 3.05) is 0 Å². The summed E-state index contributed by atoms with van der Waals surface area (Å²) in [6, 6.07) is 4.68. The summed E-state index contributed by atoms with van der Waals surface area (Å²) in [5.74, 6) is 0.238. The van der Waals surface area contributed by atoms with Crippen LogP contribution in [-0.2, 0) is 0 Å². The summed E-state index contributed by atoms with van der Waals surface area (Å²) in [6.45, 7) is 1.64. The molecule has 1 rings (SSSR count). The van der Waals surface area contributed by atoms with Crippen LogP contribution in [0.1, 0.15) is 18.5 Å². The highest BCUT2D eigenvalue weighted by Crippen LogP contribution is 2.23. The number of phenolic OH excluding ortho intramolecular Hbond substituents is 1. The van der Waals surface area contributed by atoms with Crippen LogP contribution in [0.25, 0.3) is 0 Å². The van der Waals surface area contributed by atoms with Crippen LogP contribution in [0.4, 0.5) is 0 Å². The van der Waals surface area contributed by atoms with Crippen LogP contribution in [-0.4, -0.2) is 16.3 Å². The van der Waals surface area contributed by atoms with E-state index in [2.05, 4.69) is 0 Å². The van der Waals surface area contributed by atoms with E-state index in [-0.39, 0.29) is 5.75 Å². The molecule has 0 fully saturated rings. The second kappa shape index (κ2) is 4.26. The molecule has 13 heavy (non-hydrogen) atoms. The topological polar surface area (TPSA) is 66.5 Å². The molecule has 2 atom stereocenters. The highest BCUT2D eigenvalue weighted by Gasteiger charge is 2.12. The third-order valence-corrected chi connectivity index (χ3v) is 2.74. The van der Waals surface area contributed by atoms with Gasteiger partial charge in [0.25, 0.3) is 0 Å². The van der Waals surface area contributed by atoms with E-state index in [1.54, 1.807) is 25.1 Å². The number of benzene rings is 1. The quantitative estimate of drug-likeness (QED) is 0.722. The third-order valence-electron chi connectivity index (χ3n) is 1.88. The molecule has 4 N–H and O–H groups in total.